The Balaban J connectivity index is 2.09. The molecule has 7 heteroatoms. The number of hydrogen-bond donors (Lipinski definition) is 1. The summed E-state index contributed by atoms with van der Waals surface area (Å²) < 4.78 is 43.6. The molecule has 0 aliphatic rings. The number of urea groups is 1. The number of hydrogen-bond acceptors (Lipinski definition) is 2. The van der Waals surface area contributed by atoms with Crippen molar-refractivity contribution in [1.29, 1.82) is 0 Å². The molecule has 0 bridgehead atoms. The lowest BCUT2D eigenvalue weighted by Crippen LogP contribution is -2.31. The predicted octanol–water partition coefficient (Wildman–Crippen LogP) is 3.96. The Labute approximate surface area is 119 Å². The monoisotopic (exact) mass is 298 g/mol. The van der Waals surface area contributed by atoms with Crippen LogP contribution in [0.25, 0.3) is 0 Å². The Bertz CT molecular complexity index is 609. The van der Waals surface area contributed by atoms with Crippen LogP contribution in [0.3, 0.4) is 0 Å². The van der Waals surface area contributed by atoms with Crippen LogP contribution in [0.5, 0.6) is 0 Å². The molecule has 0 saturated carbocycles. The van der Waals surface area contributed by atoms with Gasteiger partial charge < -0.3 is 14.6 Å². The fourth-order valence-corrected chi connectivity index (χ4v) is 1.76. The van der Waals surface area contributed by atoms with Gasteiger partial charge in [0.2, 0.25) is 0 Å². The van der Waals surface area contributed by atoms with E-state index in [2.05, 4.69) is 5.32 Å². The number of nitrogens with zero attached hydrogens (tertiary/aromatic N) is 1. The number of carbonyl (C=O) groups is 1. The van der Waals surface area contributed by atoms with Crippen LogP contribution in [0.15, 0.2) is 47.1 Å². The van der Waals surface area contributed by atoms with Crippen LogP contribution >= 0.6 is 0 Å². The first-order valence-corrected chi connectivity index (χ1v) is 6.08. The first-order chi connectivity index (χ1) is 9.88. The van der Waals surface area contributed by atoms with Crippen molar-refractivity contribution in [2.75, 3.05) is 12.4 Å². The average molecular weight is 298 g/mol. The first-order valence-electron chi connectivity index (χ1n) is 6.08. The molecule has 2 amide bonds. The maximum Gasteiger partial charge on any atom is 0.418 e. The number of alkyl halides is 3. The summed E-state index contributed by atoms with van der Waals surface area (Å²) in [7, 11) is 1.47. The molecule has 1 heterocycles. The zero-order valence-corrected chi connectivity index (χ0v) is 11.1. The van der Waals surface area contributed by atoms with Crippen LogP contribution < -0.4 is 5.32 Å². The topological polar surface area (TPSA) is 45.5 Å². The van der Waals surface area contributed by atoms with Crippen LogP contribution in [-0.4, -0.2) is 18.0 Å². The lowest BCUT2D eigenvalue weighted by Gasteiger charge is -2.19. The van der Waals surface area contributed by atoms with Gasteiger partial charge >= 0.3 is 12.2 Å². The van der Waals surface area contributed by atoms with Crippen LogP contribution in [-0.2, 0) is 12.7 Å². The molecule has 0 fully saturated rings. The Morgan fingerprint density at radius 3 is 2.57 bits per heavy atom. The third-order valence-corrected chi connectivity index (χ3v) is 2.79. The lowest BCUT2D eigenvalue weighted by molar-refractivity contribution is -0.136. The largest absolute Gasteiger partial charge is 0.467 e. The van der Waals surface area contributed by atoms with Crippen molar-refractivity contribution in [3.63, 3.8) is 0 Å². The second kappa shape index (κ2) is 5.90. The second-order valence-electron chi connectivity index (χ2n) is 4.41. The summed E-state index contributed by atoms with van der Waals surface area (Å²) in [6.07, 6.45) is -3.07. The van der Waals surface area contributed by atoms with Gasteiger partial charge in [-0.05, 0) is 24.3 Å². The van der Waals surface area contributed by atoms with Crippen LogP contribution in [0.4, 0.5) is 23.7 Å². The van der Waals surface area contributed by atoms with Gasteiger partial charge in [0, 0.05) is 7.05 Å². The molecule has 1 aromatic heterocycles. The Morgan fingerprint density at radius 2 is 1.95 bits per heavy atom. The normalized spacial score (nSPS) is 11.2. The van der Waals surface area contributed by atoms with Crippen LogP contribution in [0.1, 0.15) is 11.3 Å². The molecule has 0 spiro atoms. The predicted molar refractivity (Wildman–Crippen MR) is 70.6 cm³/mol. The van der Waals surface area contributed by atoms with Crippen molar-refractivity contribution in [2.45, 2.75) is 12.7 Å². The zero-order chi connectivity index (χ0) is 15.5. The molecule has 4 nitrogen and oxygen atoms in total. The summed E-state index contributed by atoms with van der Waals surface area (Å²) in [5.41, 5.74) is -1.16. The number of rotatable bonds is 3. The maximum atomic E-state index is 12.8. The third kappa shape index (κ3) is 3.77. The number of halogens is 3. The number of para-hydroxylation sites is 1. The van der Waals surface area contributed by atoms with Crippen molar-refractivity contribution in [2.24, 2.45) is 0 Å². The van der Waals surface area contributed by atoms with Gasteiger partial charge in [0.1, 0.15) is 5.76 Å². The van der Waals surface area contributed by atoms with Crippen molar-refractivity contribution in [3.8, 4) is 0 Å². The first kappa shape index (κ1) is 15.0. The van der Waals surface area contributed by atoms with Gasteiger partial charge in [-0.3, -0.25) is 0 Å². The van der Waals surface area contributed by atoms with Crippen LogP contribution in [0.2, 0.25) is 0 Å². The van der Waals surface area contributed by atoms with Gasteiger partial charge in [-0.1, -0.05) is 12.1 Å². The molecule has 0 aliphatic heterocycles. The lowest BCUT2D eigenvalue weighted by atomic mass is 10.1. The van der Waals surface area contributed by atoms with Crippen molar-refractivity contribution < 1.29 is 22.4 Å². The molecule has 1 N–H and O–H groups in total. The van der Waals surface area contributed by atoms with Gasteiger partial charge in [-0.25, -0.2) is 4.79 Å². The molecule has 112 valence electrons. The van der Waals surface area contributed by atoms with E-state index in [1.165, 1.54) is 36.4 Å². The average Bonchev–Trinajstić information content (AvgIpc) is 2.91. The summed E-state index contributed by atoms with van der Waals surface area (Å²) in [4.78, 5) is 13.2. The number of nitrogens with one attached hydrogen (secondary N) is 1. The summed E-state index contributed by atoms with van der Waals surface area (Å²) in [5, 5.41) is 2.25. The summed E-state index contributed by atoms with van der Waals surface area (Å²) in [6, 6.07) is 7.52. The number of furan rings is 1. The Morgan fingerprint density at radius 1 is 1.24 bits per heavy atom. The minimum atomic E-state index is -4.52. The Kier molecular flexibility index (Phi) is 4.21. The number of benzene rings is 1. The minimum Gasteiger partial charge on any atom is -0.467 e. The Hall–Kier alpha value is -2.44. The van der Waals surface area contributed by atoms with Crippen molar-refractivity contribution in [1.82, 2.24) is 4.90 Å². The maximum absolute atomic E-state index is 12.8. The van der Waals surface area contributed by atoms with E-state index >= 15 is 0 Å². The molecule has 0 aliphatic carbocycles. The van der Waals surface area contributed by atoms with E-state index in [0.29, 0.717) is 5.76 Å². The second-order valence-corrected chi connectivity index (χ2v) is 4.41. The summed E-state index contributed by atoms with van der Waals surface area (Å²) in [6.45, 7) is 0.160. The van der Waals surface area contributed by atoms with Gasteiger partial charge in [-0.15, -0.1) is 0 Å². The highest BCUT2D eigenvalue weighted by Gasteiger charge is 2.33. The molecule has 0 atom stereocenters. The molecular formula is C14H13F3N2O2. The highest BCUT2D eigenvalue weighted by atomic mass is 19.4. The summed E-state index contributed by atoms with van der Waals surface area (Å²) >= 11 is 0. The van der Waals surface area contributed by atoms with Crippen LogP contribution in [0, 0.1) is 0 Å². The van der Waals surface area contributed by atoms with Gasteiger partial charge in [0.05, 0.1) is 24.1 Å². The minimum absolute atomic E-state index is 0.160. The molecule has 0 radical (unpaired) electrons. The van der Waals surface area contributed by atoms with E-state index in [-0.39, 0.29) is 12.2 Å². The number of anilines is 1. The smallest absolute Gasteiger partial charge is 0.418 e. The van der Waals surface area contributed by atoms with E-state index < -0.39 is 17.8 Å². The molecular weight excluding hydrogens is 285 g/mol. The molecule has 0 saturated heterocycles. The van der Waals surface area contributed by atoms with Gasteiger partial charge in [0.25, 0.3) is 0 Å². The molecule has 21 heavy (non-hydrogen) atoms. The van der Waals surface area contributed by atoms with Crippen molar-refractivity contribution in [3.05, 3.63) is 54.0 Å². The highest BCUT2D eigenvalue weighted by molar-refractivity contribution is 5.90. The van der Waals surface area contributed by atoms with E-state index in [1.807, 2.05) is 0 Å². The summed E-state index contributed by atoms with van der Waals surface area (Å²) in [5.74, 6) is 0.539. The van der Waals surface area contributed by atoms with E-state index in [9.17, 15) is 18.0 Å². The fraction of sp³-hybridized carbons (Fsp3) is 0.214. The van der Waals surface area contributed by atoms with Crippen molar-refractivity contribution >= 4 is 11.7 Å². The standard InChI is InChI=1S/C14H13F3N2O2/c1-19(9-10-5-4-8-21-10)13(20)18-12-7-3-2-6-11(12)14(15,16)17/h2-8H,9H2,1H3,(H,18,20). The molecule has 0 unspecified atom stereocenters. The third-order valence-electron chi connectivity index (χ3n) is 2.79. The zero-order valence-electron chi connectivity index (χ0n) is 11.1. The SMILES string of the molecule is CN(Cc1ccco1)C(=O)Nc1ccccc1C(F)(F)F. The number of amides is 2. The number of carbonyl (C=O) groups excluding carboxylic acids is 1. The van der Waals surface area contributed by atoms with Gasteiger partial charge in [0.15, 0.2) is 0 Å². The molecule has 2 aromatic rings. The van der Waals surface area contributed by atoms with E-state index in [1.54, 1.807) is 12.1 Å². The van der Waals surface area contributed by atoms with Gasteiger partial charge in [-0.2, -0.15) is 13.2 Å². The quantitative estimate of drug-likeness (QED) is 0.932. The molecule has 2 rings (SSSR count). The molecule has 1 aromatic carbocycles. The highest BCUT2D eigenvalue weighted by Crippen LogP contribution is 2.34. The fourth-order valence-electron chi connectivity index (χ4n) is 1.76. The van der Waals surface area contributed by atoms with E-state index in [0.717, 1.165) is 6.07 Å². The van der Waals surface area contributed by atoms with E-state index in [4.69, 9.17) is 4.42 Å².